The van der Waals surface area contributed by atoms with Crippen LogP contribution in [0, 0.1) is 0 Å². The first-order chi connectivity index (χ1) is 8.99. The van der Waals surface area contributed by atoms with Crippen molar-refractivity contribution in [2.45, 2.75) is 6.04 Å². The number of hydrogen-bond acceptors (Lipinski definition) is 5. The van der Waals surface area contributed by atoms with E-state index in [4.69, 9.17) is 25.1 Å². The first-order valence-electron chi connectivity index (χ1n) is 5.46. The number of benzene rings is 1. The molecule has 106 valence electrons. The monoisotopic (exact) mass is 333 g/mol. The van der Waals surface area contributed by atoms with Crippen molar-refractivity contribution in [1.82, 2.24) is 0 Å². The molecule has 0 radical (unpaired) electrons. The fourth-order valence-corrected chi connectivity index (χ4v) is 2.02. The van der Waals surface area contributed by atoms with Crippen LogP contribution in [-0.4, -0.2) is 38.5 Å². The molecule has 3 N–H and O–H groups in total. The summed E-state index contributed by atoms with van der Waals surface area (Å²) in [6, 6.07) is 2.97. The van der Waals surface area contributed by atoms with E-state index in [2.05, 4.69) is 15.9 Å². The van der Waals surface area contributed by atoms with E-state index < -0.39 is 12.0 Å². The molecule has 6 nitrogen and oxygen atoms in total. The SMILES string of the molecule is COc1cc(C(N)COCC(=O)O)c(OC)cc1Br. The van der Waals surface area contributed by atoms with Crippen molar-refractivity contribution in [2.75, 3.05) is 27.4 Å². The van der Waals surface area contributed by atoms with Gasteiger partial charge in [-0.15, -0.1) is 0 Å². The Morgan fingerprint density at radius 1 is 1.37 bits per heavy atom. The average Bonchev–Trinajstić information content (AvgIpc) is 2.37. The van der Waals surface area contributed by atoms with Crippen molar-refractivity contribution in [2.24, 2.45) is 5.73 Å². The lowest BCUT2D eigenvalue weighted by molar-refractivity contribution is -0.142. The first-order valence-corrected chi connectivity index (χ1v) is 6.25. The summed E-state index contributed by atoms with van der Waals surface area (Å²) in [7, 11) is 3.07. The molecule has 0 bridgehead atoms. The lowest BCUT2D eigenvalue weighted by Crippen LogP contribution is -2.20. The van der Waals surface area contributed by atoms with Gasteiger partial charge in [-0.2, -0.15) is 0 Å². The molecular weight excluding hydrogens is 318 g/mol. The van der Waals surface area contributed by atoms with Gasteiger partial charge in [-0.1, -0.05) is 0 Å². The van der Waals surface area contributed by atoms with Gasteiger partial charge in [0, 0.05) is 5.56 Å². The Morgan fingerprint density at radius 2 is 2.00 bits per heavy atom. The molecule has 7 heteroatoms. The molecule has 19 heavy (non-hydrogen) atoms. The van der Waals surface area contributed by atoms with E-state index in [1.807, 2.05) is 0 Å². The quantitative estimate of drug-likeness (QED) is 0.786. The number of carboxylic acids is 1. The Morgan fingerprint density at radius 3 is 2.53 bits per heavy atom. The first kappa shape index (κ1) is 15.7. The predicted molar refractivity (Wildman–Crippen MR) is 72.6 cm³/mol. The molecule has 0 fully saturated rings. The Bertz CT molecular complexity index is 452. The summed E-state index contributed by atoms with van der Waals surface area (Å²) >= 11 is 3.35. The van der Waals surface area contributed by atoms with Crippen LogP contribution in [0.25, 0.3) is 0 Å². The molecule has 0 spiro atoms. The summed E-state index contributed by atoms with van der Waals surface area (Å²) in [4.78, 5) is 10.4. The molecule has 0 heterocycles. The maximum absolute atomic E-state index is 10.4. The number of ether oxygens (including phenoxy) is 3. The lowest BCUT2D eigenvalue weighted by atomic mass is 10.1. The minimum absolute atomic E-state index is 0.0768. The van der Waals surface area contributed by atoms with Gasteiger partial charge >= 0.3 is 5.97 Å². The van der Waals surface area contributed by atoms with E-state index in [0.717, 1.165) is 4.47 Å². The molecule has 0 amide bonds. The third-order valence-corrected chi connectivity index (χ3v) is 3.05. The van der Waals surface area contributed by atoms with Crippen molar-refractivity contribution in [3.63, 3.8) is 0 Å². The fourth-order valence-electron chi connectivity index (χ4n) is 1.54. The van der Waals surface area contributed by atoms with Crippen molar-refractivity contribution in [3.05, 3.63) is 22.2 Å². The lowest BCUT2D eigenvalue weighted by Gasteiger charge is -2.17. The van der Waals surface area contributed by atoms with Crippen molar-refractivity contribution in [1.29, 1.82) is 0 Å². The Balaban J connectivity index is 2.87. The van der Waals surface area contributed by atoms with Gasteiger partial charge in [-0.05, 0) is 28.1 Å². The van der Waals surface area contributed by atoms with Gasteiger partial charge in [0.2, 0.25) is 0 Å². The Labute approximate surface area is 119 Å². The molecule has 0 aliphatic heterocycles. The van der Waals surface area contributed by atoms with E-state index >= 15 is 0 Å². The zero-order chi connectivity index (χ0) is 14.4. The maximum Gasteiger partial charge on any atom is 0.329 e. The third kappa shape index (κ3) is 4.38. The summed E-state index contributed by atoms with van der Waals surface area (Å²) in [5.74, 6) is 0.163. The van der Waals surface area contributed by atoms with Gasteiger partial charge in [0.25, 0.3) is 0 Å². The van der Waals surface area contributed by atoms with Gasteiger partial charge in [0.1, 0.15) is 18.1 Å². The average molecular weight is 334 g/mol. The van der Waals surface area contributed by atoms with E-state index in [1.54, 1.807) is 19.2 Å². The van der Waals surface area contributed by atoms with Crippen LogP contribution < -0.4 is 15.2 Å². The third-order valence-electron chi connectivity index (χ3n) is 2.43. The molecule has 0 aliphatic carbocycles. The molecular formula is C12H16BrNO5. The van der Waals surface area contributed by atoms with E-state index in [1.165, 1.54) is 7.11 Å². The summed E-state index contributed by atoms with van der Waals surface area (Å²) in [6.07, 6.45) is 0. The fraction of sp³-hybridized carbons (Fsp3) is 0.417. The predicted octanol–water partition coefficient (Wildman–Crippen LogP) is 1.57. The Hall–Kier alpha value is -1.31. The second-order valence-electron chi connectivity index (χ2n) is 3.74. The van der Waals surface area contributed by atoms with Crippen LogP contribution in [0.2, 0.25) is 0 Å². The number of halogens is 1. The zero-order valence-electron chi connectivity index (χ0n) is 10.7. The highest BCUT2D eigenvalue weighted by Gasteiger charge is 2.16. The van der Waals surface area contributed by atoms with Crippen LogP contribution in [0.3, 0.4) is 0 Å². The van der Waals surface area contributed by atoms with Gasteiger partial charge < -0.3 is 25.1 Å². The van der Waals surface area contributed by atoms with Gasteiger partial charge in [-0.25, -0.2) is 4.79 Å². The second-order valence-corrected chi connectivity index (χ2v) is 4.60. The largest absolute Gasteiger partial charge is 0.496 e. The van der Waals surface area contributed by atoms with Crippen LogP contribution in [0.5, 0.6) is 11.5 Å². The number of aliphatic carboxylic acids is 1. The van der Waals surface area contributed by atoms with Gasteiger partial charge in [0.05, 0.1) is 31.3 Å². The van der Waals surface area contributed by atoms with Crippen LogP contribution in [0.15, 0.2) is 16.6 Å². The summed E-state index contributed by atoms with van der Waals surface area (Å²) in [6.45, 7) is -0.308. The van der Waals surface area contributed by atoms with Gasteiger partial charge in [-0.3, -0.25) is 0 Å². The maximum atomic E-state index is 10.4. The highest BCUT2D eigenvalue weighted by molar-refractivity contribution is 9.10. The summed E-state index contributed by atoms with van der Waals surface area (Å²) < 4.78 is 16.1. The molecule has 0 saturated heterocycles. The molecule has 1 unspecified atom stereocenters. The smallest absolute Gasteiger partial charge is 0.329 e. The van der Waals surface area contributed by atoms with E-state index in [-0.39, 0.29) is 13.2 Å². The van der Waals surface area contributed by atoms with Crippen molar-refractivity contribution >= 4 is 21.9 Å². The standard InChI is InChI=1S/C12H16BrNO5/c1-17-10-4-8(13)11(18-2)3-7(10)9(14)5-19-6-12(15)16/h3-4,9H,5-6,14H2,1-2H3,(H,15,16). The molecule has 1 rings (SSSR count). The minimum Gasteiger partial charge on any atom is -0.496 e. The molecule has 0 aromatic heterocycles. The summed E-state index contributed by atoms with van der Waals surface area (Å²) in [5.41, 5.74) is 6.65. The van der Waals surface area contributed by atoms with Crippen LogP contribution >= 0.6 is 15.9 Å². The van der Waals surface area contributed by atoms with Crippen LogP contribution in [0.4, 0.5) is 0 Å². The molecule has 1 atom stereocenters. The second kappa shape index (κ2) is 7.32. The number of nitrogens with two attached hydrogens (primary N) is 1. The van der Waals surface area contributed by atoms with E-state index in [0.29, 0.717) is 17.1 Å². The normalized spacial score (nSPS) is 12.0. The molecule has 1 aromatic carbocycles. The number of carboxylic acid groups (broad SMARTS) is 1. The molecule has 1 aromatic rings. The minimum atomic E-state index is -1.03. The zero-order valence-corrected chi connectivity index (χ0v) is 12.3. The van der Waals surface area contributed by atoms with Crippen LogP contribution in [0.1, 0.15) is 11.6 Å². The number of hydrogen-bond donors (Lipinski definition) is 2. The molecule has 0 saturated carbocycles. The highest BCUT2D eigenvalue weighted by Crippen LogP contribution is 2.35. The number of carbonyl (C=O) groups is 1. The Kier molecular flexibility index (Phi) is 6.07. The van der Waals surface area contributed by atoms with Crippen molar-refractivity contribution in [3.8, 4) is 11.5 Å². The highest BCUT2D eigenvalue weighted by atomic mass is 79.9. The summed E-state index contributed by atoms with van der Waals surface area (Å²) in [5, 5.41) is 8.50. The molecule has 0 aliphatic rings. The van der Waals surface area contributed by atoms with E-state index in [9.17, 15) is 4.79 Å². The number of rotatable bonds is 7. The van der Waals surface area contributed by atoms with Crippen LogP contribution in [-0.2, 0) is 9.53 Å². The van der Waals surface area contributed by atoms with Crippen molar-refractivity contribution < 1.29 is 24.1 Å². The van der Waals surface area contributed by atoms with Gasteiger partial charge in [0.15, 0.2) is 0 Å². The topological polar surface area (TPSA) is 91.0 Å². The number of methoxy groups -OCH3 is 2.